The van der Waals surface area contributed by atoms with Crippen LogP contribution in [0.25, 0.3) is 0 Å². The molecule has 1 aromatic carbocycles. The van der Waals surface area contributed by atoms with Gasteiger partial charge in [-0.2, -0.15) is 0 Å². The van der Waals surface area contributed by atoms with Gasteiger partial charge in [-0.1, -0.05) is 18.2 Å². The lowest BCUT2D eigenvalue weighted by molar-refractivity contribution is -0.114. The zero-order chi connectivity index (χ0) is 16.8. The Kier molecular flexibility index (Phi) is 6.33. The number of anilines is 1. The first-order valence-corrected chi connectivity index (χ1v) is 8.68. The standard InChI is InChI=1S/C18H24N2O2S/c1-12(10-17(22)18-8-5-9-23-18)19-13(2)15-6-4-7-16(11-15)20-14(3)21/h4-9,11-13,17,19,22H,10H2,1-3H3,(H,20,21). The second kappa shape index (κ2) is 8.24. The third kappa shape index (κ3) is 5.46. The predicted molar refractivity (Wildman–Crippen MR) is 95.7 cm³/mol. The van der Waals surface area contributed by atoms with Crippen molar-refractivity contribution in [1.29, 1.82) is 0 Å². The number of hydrogen-bond donors (Lipinski definition) is 3. The Balaban J connectivity index is 1.92. The van der Waals surface area contributed by atoms with E-state index in [1.165, 1.54) is 6.92 Å². The van der Waals surface area contributed by atoms with Gasteiger partial charge in [0.2, 0.25) is 5.91 Å². The molecule has 2 aromatic rings. The molecule has 2 rings (SSSR count). The number of carbonyl (C=O) groups excluding carboxylic acids is 1. The summed E-state index contributed by atoms with van der Waals surface area (Å²) in [4.78, 5) is 12.2. The molecule has 0 saturated heterocycles. The van der Waals surface area contributed by atoms with E-state index >= 15 is 0 Å². The molecule has 1 aromatic heterocycles. The van der Waals surface area contributed by atoms with E-state index in [2.05, 4.69) is 24.5 Å². The molecule has 0 saturated carbocycles. The first-order chi connectivity index (χ1) is 11.0. The van der Waals surface area contributed by atoms with Gasteiger partial charge in [-0.25, -0.2) is 0 Å². The molecule has 0 aliphatic heterocycles. The van der Waals surface area contributed by atoms with Crippen LogP contribution in [0.3, 0.4) is 0 Å². The minimum Gasteiger partial charge on any atom is -0.388 e. The molecule has 0 bridgehead atoms. The highest BCUT2D eigenvalue weighted by atomic mass is 32.1. The number of aliphatic hydroxyl groups excluding tert-OH is 1. The monoisotopic (exact) mass is 332 g/mol. The fourth-order valence-corrected chi connectivity index (χ4v) is 3.34. The molecule has 5 heteroatoms. The normalized spacial score (nSPS) is 15.0. The highest BCUT2D eigenvalue weighted by Gasteiger charge is 2.16. The summed E-state index contributed by atoms with van der Waals surface area (Å²) in [5, 5.41) is 18.5. The smallest absolute Gasteiger partial charge is 0.221 e. The molecule has 4 nitrogen and oxygen atoms in total. The maximum atomic E-state index is 11.2. The number of thiophene rings is 1. The van der Waals surface area contributed by atoms with Crippen LogP contribution in [-0.2, 0) is 4.79 Å². The number of rotatable bonds is 7. The summed E-state index contributed by atoms with van der Waals surface area (Å²) in [5.74, 6) is -0.0739. The molecule has 3 N–H and O–H groups in total. The number of nitrogens with one attached hydrogen (secondary N) is 2. The van der Waals surface area contributed by atoms with Crippen molar-refractivity contribution in [1.82, 2.24) is 5.32 Å². The topological polar surface area (TPSA) is 61.4 Å². The van der Waals surface area contributed by atoms with Crippen molar-refractivity contribution in [3.05, 3.63) is 52.2 Å². The quantitative estimate of drug-likeness (QED) is 0.721. The van der Waals surface area contributed by atoms with Crippen LogP contribution in [0.5, 0.6) is 0 Å². The van der Waals surface area contributed by atoms with Crippen LogP contribution in [0.4, 0.5) is 5.69 Å². The fraction of sp³-hybridized carbons (Fsp3) is 0.389. The van der Waals surface area contributed by atoms with E-state index in [-0.39, 0.29) is 18.0 Å². The Bertz CT molecular complexity index is 628. The Morgan fingerprint density at radius 1 is 1.26 bits per heavy atom. The largest absolute Gasteiger partial charge is 0.388 e. The number of hydrogen-bond acceptors (Lipinski definition) is 4. The molecule has 1 amide bonds. The SMILES string of the molecule is CC(=O)Nc1cccc(C(C)NC(C)CC(O)c2cccs2)c1. The van der Waals surface area contributed by atoms with Gasteiger partial charge >= 0.3 is 0 Å². The van der Waals surface area contributed by atoms with Crippen molar-refractivity contribution in [2.45, 2.75) is 45.4 Å². The van der Waals surface area contributed by atoms with Gasteiger partial charge in [0.05, 0.1) is 6.10 Å². The number of amides is 1. The Labute approximate surface area is 141 Å². The van der Waals surface area contributed by atoms with Gasteiger partial charge in [-0.05, 0) is 49.4 Å². The Morgan fingerprint density at radius 2 is 2.04 bits per heavy atom. The summed E-state index contributed by atoms with van der Waals surface area (Å²) in [7, 11) is 0. The Morgan fingerprint density at radius 3 is 2.70 bits per heavy atom. The summed E-state index contributed by atoms with van der Waals surface area (Å²) in [6.07, 6.45) is 0.228. The molecule has 0 aliphatic carbocycles. The van der Waals surface area contributed by atoms with Crippen LogP contribution in [0.15, 0.2) is 41.8 Å². The van der Waals surface area contributed by atoms with Crippen molar-refractivity contribution >= 4 is 22.9 Å². The minimum atomic E-state index is -0.435. The highest BCUT2D eigenvalue weighted by molar-refractivity contribution is 7.10. The maximum absolute atomic E-state index is 11.2. The number of carbonyl (C=O) groups is 1. The third-order valence-electron chi connectivity index (χ3n) is 3.69. The van der Waals surface area contributed by atoms with E-state index in [1.54, 1.807) is 11.3 Å². The van der Waals surface area contributed by atoms with E-state index in [0.29, 0.717) is 6.42 Å². The first-order valence-electron chi connectivity index (χ1n) is 7.80. The molecule has 3 unspecified atom stereocenters. The second-order valence-corrected chi connectivity index (χ2v) is 6.84. The van der Waals surface area contributed by atoms with Crippen molar-refractivity contribution in [2.24, 2.45) is 0 Å². The first kappa shape index (κ1) is 17.7. The zero-order valence-electron chi connectivity index (χ0n) is 13.7. The average molecular weight is 332 g/mol. The van der Waals surface area contributed by atoms with Crippen LogP contribution in [-0.4, -0.2) is 17.1 Å². The zero-order valence-corrected chi connectivity index (χ0v) is 14.6. The summed E-state index contributed by atoms with van der Waals surface area (Å²) in [5.41, 5.74) is 1.91. The van der Waals surface area contributed by atoms with Crippen molar-refractivity contribution in [2.75, 3.05) is 5.32 Å². The lowest BCUT2D eigenvalue weighted by atomic mass is 10.0. The summed E-state index contributed by atoms with van der Waals surface area (Å²) >= 11 is 1.58. The lowest BCUT2D eigenvalue weighted by Gasteiger charge is -2.22. The van der Waals surface area contributed by atoms with Gasteiger partial charge < -0.3 is 15.7 Å². The van der Waals surface area contributed by atoms with Gasteiger partial charge in [0.25, 0.3) is 0 Å². The summed E-state index contributed by atoms with van der Waals surface area (Å²) in [6, 6.07) is 12.0. The van der Waals surface area contributed by atoms with E-state index in [9.17, 15) is 9.90 Å². The van der Waals surface area contributed by atoms with Crippen molar-refractivity contribution in [3.8, 4) is 0 Å². The highest BCUT2D eigenvalue weighted by Crippen LogP contribution is 2.24. The molecule has 23 heavy (non-hydrogen) atoms. The van der Waals surface area contributed by atoms with Gasteiger partial charge in [0.1, 0.15) is 0 Å². The molecule has 124 valence electrons. The predicted octanol–water partition coefficient (Wildman–Crippen LogP) is 3.87. The van der Waals surface area contributed by atoms with Crippen molar-refractivity contribution in [3.63, 3.8) is 0 Å². The molecular formula is C18H24N2O2S. The molecule has 0 spiro atoms. The summed E-state index contributed by atoms with van der Waals surface area (Å²) in [6.45, 7) is 5.66. The fourth-order valence-electron chi connectivity index (χ4n) is 2.61. The van der Waals surface area contributed by atoms with Crippen LogP contribution in [0, 0.1) is 0 Å². The van der Waals surface area contributed by atoms with Gasteiger partial charge in [0.15, 0.2) is 0 Å². The van der Waals surface area contributed by atoms with E-state index < -0.39 is 6.10 Å². The minimum absolute atomic E-state index is 0.0739. The maximum Gasteiger partial charge on any atom is 0.221 e. The molecule has 1 heterocycles. The van der Waals surface area contributed by atoms with Gasteiger partial charge in [-0.15, -0.1) is 11.3 Å². The molecule has 0 radical (unpaired) electrons. The van der Waals surface area contributed by atoms with Crippen LogP contribution >= 0.6 is 11.3 Å². The summed E-state index contributed by atoms with van der Waals surface area (Å²) < 4.78 is 0. The third-order valence-corrected chi connectivity index (χ3v) is 4.66. The molecule has 0 fully saturated rings. The van der Waals surface area contributed by atoms with Gasteiger partial charge in [-0.3, -0.25) is 4.79 Å². The van der Waals surface area contributed by atoms with Crippen LogP contribution in [0.1, 0.15) is 49.8 Å². The molecular weight excluding hydrogens is 308 g/mol. The number of aliphatic hydroxyl groups is 1. The van der Waals surface area contributed by atoms with E-state index in [4.69, 9.17) is 0 Å². The van der Waals surface area contributed by atoms with Crippen LogP contribution in [0.2, 0.25) is 0 Å². The van der Waals surface area contributed by atoms with Crippen molar-refractivity contribution < 1.29 is 9.90 Å². The molecule has 0 aliphatic rings. The number of benzene rings is 1. The van der Waals surface area contributed by atoms with E-state index in [0.717, 1.165) is 16.1 Å². The van der Waals surface area contributed by atoms with E-state index in [1.807, 2.05) is 41.8 Å². The molecule has 3 atom stereocenters. The Hall–Kier alpha value is -1.69. The average Bonchev–Trinajstić information content (AvgIpc) is 3.00. The van der Waals surface area contributed by atoms with Crippen LogP contribution < -0.4 is 10.6 Å². The lowest BCUT2D eigenvalue weighted by Crippen LogP contribution is -2.30. The van der Waals surface area contributed by atoms with Gasteiger partial charge in [0, 0.05) is 29.6 Å². The second-order valence-electron chi connectivity index (χ2n) is 5.86.